The molecule has 1 aromatic heterocycles. The van der Waals surface area contributed by atoms with Crippen molar-refractivity contribution in [1.29, 1.82) is 0 Å². The topological polar surface area (TPSA) is 50.2 Å². The molecule has 4 rings (SSSR count). The van der Waals surface area contributed by atoms with Crippen LogP contribution < -0.4 is 5.32 Å². The molecular formula is C26H31ClN4O. The maximum Gasteiger partial charge on any atom is 0.255 e. The third kappa shape index (κ3) is 4.89. The molecule has 1 unspecified atom stereocenters. The second-order valence-corrected chi connectivity index (χ2v) is 9.09. The summed E-state index contributed by atoms with van der Waals surface area (Å²) in [6.07, 6.45) is 2.36. The molecule has 0 bridgehead atoms. The lowest BCUT2D eigenvalue weighted by Gasteiger charge is -2.29. The third-order valence-electron chi connectivity index (χ3n) is 6.36. The molecular weight excluding hydrogens is 420 g/mol. The van der Waals surface area contributed by atoms with Crippen molar-refractivity contribution in [3.8, 4) is 0 Å². The van der Waals surface area contributed by atoms with Crippen molar-refractivity contribution in [3.05, 3.63) is 87.2 Å². The molecule has 1 N–H and O–H groups in total. The summed E-state index contributed by atoms with van der Waals surface area (Å²) in [4.78, 5) is 15.6. The first-order valence-corrected chi connectivity index (χ1v) is 11.7. The van der Waals surface area contributed by atoms with Gasteiger partial charge in [0.05, 0.1) is 23.8 Å². The second-order valence-electron chi connectivity index (χ2n) is 8.68. The van der Waals surface area contributed by atoms with E-state index >= 15 is 0 Å². The van der Waals surface area contributed by atoms with Gasteiger partial charge in [0.1, 0.15) is 0 Å². The number of benzene rings is 2. The number of amides is 1. The lowest BCUT2D eigenvalue weighted by atomic mass is 10.0. The summed E-state index contributed by atoms with van der Waals surface area (Å²) in [5.74, 6) is -0.0774. The predicted molar refractivity (Wildman–Crippen MR) is 129 cm³/mol. The zero-order valence-electron chi connectivity index (χ0n) is 19.1. The first-order valence-electron chi connectivity index (χ1n) is 11.3. The number of hydrogen-bond acceptors (Lipinski definition) is 3. The number of carbonyl (C=O) groups excluding carboxylic acids is 1. The van der Waals surface area contributed by atoms with Gasteiger partial charge in [-0.2, -0.15) is 5.10 Å². The lowest BCUT2D eigenvalue weighted by Crippen LogP contribution is -2.37. The minimum atomic E-state index is -0.0774. The van der Waals surface area contributed by atoms with Gasteiger partial charge in [-0.3, -0.25) is 14.4 Å². The normalized spacial score (nSPS) is 15.1. The minimum Gasteiger partial charge on any atom is -0.350 e. The van der Waals surface area contributed by atoms with E-state index in [-0.39, 0.29) is 11.9 Å². The number of nitrogens with one attached hydrogen (secondary N) is 1. The zero-order chi connectivity index (χ0) is 22.7. The van der Waals surface area contributed by atoms with Crippen molar-refractivity contribution < 1.29 is 4.79 Å². The van der Waals surface area contributed by atoms with Crippen molar-refractivity contribution >= 4 is 17.5 Å². The van der Waals surface area contributed by atoms with Crippen molar-refractivity contribution in [1.82, 2.24) is 20.0 Å². The monoisotopic (exact) mass is 450 g/mol. The molecule has 1 fully saturated rings. The highest BCUT2D eigenvalue weighted by atomic mass is 35.5. The Bertz CT molecular complexity index is 1080. The van der Waals surface area contributed by atoms with Gasteiger partial charge in [-0.05, 0) is 63.9 Å². The highest BCUT2D eigenvalue weighted by Gasteiger charge is 2.27. The van der Waals surface area contributed by atoms with Crippen LogP contribution in [0.5, 0.6) is 0 Å². The molecule has 0 saturated carbocycles. The van der Waals surface area contributed by atoms with Gasteiger partial charge in [-0.25, -0.2) is 0 Å². The van der Waals surface area contributed by atoms with Gasteiger partial charge in [0.25, 0.3) is 5.91 Å². The van der Waals surface area contributed by atoms with Crippen LogP contribution in [0.25, 0.3) is 0 Å². The molecule has 5 nitrogen and oxygen atoms in total. The van der Waals surface area contributed by atoms with Crippen molar-refractivity contribution in [2.24, 2.45) is 0 Å². The van der Waals surface area contributed by atoms with Gasteiger partial charge in [0, 0.05) is 17.3 Å². The Hall–Kier alpha value is -2.63. The van der Waals surface area contributed by atoms with Crippen LogP contribution in [0, 0.1) is 20.8 Å². The Morgan fingerprint density at radius 2 is 1.75 bits per heavy atom. The Morgan fingerprint density at radius 1 is 1.06 bits per heavy atom. The van der Waals surface area contributed by atoms with Crippen LogP contribution in [0.1, 0.15) is 57.3 Å². The van der Waals surface area contributed by atoms with E-state index in [1.807, 2.05) is 36.7 Å². The molecule has 0 aliphatic carbocycles. The predicted octanol–water partition coefficient (Wildman–Crippen LogP) is 5.08. The summed E-state index contributed by atoms with van der Waals surface area (Å²) in [5, 5.41) is 8.57. The van der Waals surface area contributed by atoms with Crippen LogP contribution in [0.4, 0.5) is 0 Å². The Balaban J connectivity index is 1.50. The maximum absolute atomic E-state index is 13.2. The fourth-order valence-corrected chi connectivity index (χ4v) is 4.82. The van der Waals surface area contributed by atoms with E-state index in [2.05, 4.69) is 52.6 Å². The molecule has 1 atom stereocenters. The Kier molecular flexibility index (Phi) is 6.97. The number of halogens is 1. The molecule has 1 aliphatic rings. The number of likely N-dealkylation sites (tertiary alicyclic amines) is 1. The first kappa shape index (κ1) is 22.6. The molecule has 6 heteroatoms. The van der Waals surface area contributed by atoms with E-state index in [0.29, 0.717) is 18.7 Å². The van der Waals surface area contributed by atoms with Crippen LogP contribution in [-0.2, 0) is 6.54 Å². The van der Waals surface area contributed by atoms with Crippen LogP contribution >= 0.6 is 11.6 Å². The number of rotatable bonds is 7. The number of aryl methyl sites for hydroxylation is 2. The zero-order valence-corrected chi connectivity index (χ0v) is 19.8. The van der Waals surface area contributed by atoms with E-state index < -0.39 is 0 Å². The van der Waals surface area contributed by atoms with Crippen molar-refractivity contribution in [2.45, 2.75) is 46.2 Å². The fraction of sp³-hybridized carbons (Fsp3) is 0.385. The first-order chi connectivity index (χ1) is 15.4. The highest BCUT2D eigenvalue weighted by Crippen LogP contribution is 2.30. The SMILES string of the molecule is Cc1ccc(Cn2nc(C)c(C(=O)NCC(c3ccccc3Cl)N3CCCC3)c2C)cc1. The average Bonchev–Trinajstić information content (AvgIpc) is 3.39. The Labute approximate surface area is 195 Å². The highest BCUT2D eigenvalue weighted by molar-refractivity contribution is 6.31. The molecule has 0 spiro atoms. The van der Waals surface area contributed by atoms with Gasteiger partial charge in [-0.15, -0.1) is 0 Å². The summed E-state index contributed by atoms with van der Waals surface area (Å²) in [7, 11) is 0. The van der Waals surface area contributed by atoms with Gasteiger partial charge >= 0.3 is 0 Å². The fourth-order valence-electron chi connectivity index (χ4n) is 4.56. The molecule has 32 heavy (non-hydrogen) atoms. The lowest BCUT2D eigenvalue weighted by molar-refractivity contribution is 0.0936. The van der Waals surface area contributed by atoms with Gasteiger partial charge in [0.15, 0.2) is 0 Å². The molecule has 1 saturated heterocycles. The molecule has 2 heterocycles. The summed E-state index contributed by atoms with van der Waals surface area (Å²) < 4.78 is 1.92. The number of nitrogens with zero attached hydrogens (tertiary/aromatic N) is 3. The number of carbonyl (C=O) groups is 1. The third-order valence-corrected chi connectivity index (χ3v) is 6.71. The van der Waals surface area contributed by atoms with Crippen LogP contribution in [-0.4, -0.2) is 40.2 Å². The minimum absolute atomic E-state index is 0.0679. The van der Waals surface area contributed by atoms with E-state index in [9.17, 15) is 4.79 Å². The van der Waals surface area contributed by atoms with Gasteiger partial charge in [-0.1, -0.05) is 59.6 Å². The molecule has 3 aromatic rings. The summed E-state index contributed by atoms with van der Waals surface area (Å²) in [5.41, 5.74) is 5.77. The average molecular weight is 451 g/mol. The molecule has 2 aromatic carbocycles. The Morgan fingerprint density at radius 3 is 2.44 bits per heavy atom. The maximum atomic E-state index is 13.2. The van der Waals surface area contributed by atoms with Crippen molar-refractivity contribution in [2.75, 3.05) is 19.6 Å². The second kappa shape index (κ2) is 9.88. The smallest absolute Gasteiger partial charge is 0.255 e. The van der Waals surface area contributed by atoms with E-state index in [0.717, 1.165) is 35.1 Å². The van der Waals surface area contributed by atoms with Crippen molar-refractivity contribution in [3.63, 3.8) is 0 Å². The van der Waals surface area contributed by atoms with E-state index in [4.69, 9.17) is 11.6 Å². The largest absolute Gasteiger partial charge is 0.350 e. The summed E-state index contributed by atoms with van der Waals surface area (Å²) in [6.45, 7) is 9.17. The molecule has 1 amide bonds. The van der Waals surface area contributed by atoms with Gasteiger partial charge < -0.3 is 5.32 Å². The molecule has 1 aliphatic heterocycles. The summed E-state index contributed by atoms with van der Waals surface area (Å²) in [6, 6.07) is 16.4. The van der Waals surface area contributed by atoms with E-state index in [1.165, 1.54) is 24.0 Å². The quantitative estimate of drug-likeness (QED) is 0.546. The summed E-state index contributed by atoms with van der Waals surface area (Å²) >= 11 is 6.52. The van der Waals surface area contributed by atoms with E-state index in [1.54, 1.807) is 0 Å². The number of hydrogen-bond donors (Lipinski definition) is 1. The van der Waals surface area contributed by atoms with Crippen LogP contribution in [0.2, 0.25) is 5.02 Å². The van der Waals surface area contributed by atoms with Crippen LogP contribution in [0.3, 0.4) is 0 Å². The van der Waals surface area contributed by atoms with Gasteiger partial charge in [0.2, 0.25) is 0 Å². The molecule has 0 radical (unpaired) electrons. The standard InChI is InChI=1S/C26H31ClN4O/c1-18-10-12-21(13-11-18)17-31-20(3)25(19(2)29-31)26(32)28-16-24(30-14-6-7-15-30)22-8-4-5-9-23(22)27/h4-5,8-13,24H,6-7,14-17H2,1-3H3,(H,28,32). The van der Waals surface area contributed by atoms with Crippen LogP contribution in [0.15, 0.2) is 48.5 Å². The number of aromatic nitrogens is 2. The molecule has 168 valence electrons.